The van der Waals surface area contributed by atoms with Crippen LogP contribution in [0.3, 0.4) is 0 Å². The summed E-state index contributed by atoms with van der Waals surface area (Å²) in [5, 5.41) is 4.48. The predicted octanol–water partition coefficient (Wildman–Crippen LogP) is 3.68. The number of hydrogen-bond donors (Lipinski definition) is 1. The minimum absolute atomic E-state index is 0.284. The van der Waals surface area contributed by atoms with E-state index in [9.17, 15) is 0 Å². The normalized spacial score (nSPS) is 15.9. The Hall–Kier alpha value is -1.15. The van der Waals surface area contributed by atoms with Crippen LogP contribution in [0.5, 0.6) is 5.75 Å². The molecule has 0 spiro atoms. The molecule has 0 saturated carbocycles. The van der Waals surface area contributed by atoms with Crippen LogP contribution in [-0.4, -0.2) is 6.61 Å². The van der Waals surface area contributed by atoms with Gasteiger partial charge in [0.2, 0.25) is 0 Å². The molecule has 2 rings (SSSR count). The van der Waals surface area contributed by atoms with Gasteiger partial charge in [-0.3, -0.25) is 0 Å². The minimum Gasteiger partial charge on any atom is -0.492 e. The van der Waals surface area contributed by atoms with E-state index in [0.29, 0.717) is 0 Å². The number of benzene rings is 1. The highest BCUT2D eigenvalue weighted by Crippen LogP contribution is 2.46. The minimum atomic E-state index is -0.284. The molecule has 2 heteroatoms. The van der Waals surface area contributed by atoms with Crippen LogP contribution in [0.1, 0.15) is 13.3 Å². The largest absolute Gasteiger partial charge is 0.492 e. The Morgan fingerprint density at radius 2 is 2.13 bits per heavy atom. The van der Waals surface area contributed by atoms with Gasteiger partial charge in [-0.05, 0) is 35.4 Å². The monoisotopic (exact) mass is 219 g/mol. The van der Waals surface area contributed by atoms with Crippen molar-refractivity contribution in [3.63, 3.8) is 0 Å². The Morgan fingerprint density at radius 3 is 2.87 bits per heavy atom. The second kappa shape index (κ2) is 5.08. The summed E-state index contributed by atoms with van der Waals surface area (Å²) < 4.78 is 5.72. The maximum atomic E-state index is 5.72. The van der Waals surface area contributed by atoms with Crippen LogP contribution >= 0.6 is 10.9 Å². The molecule has 0 saturated heterocycles. The van der Waals surface area contributed by atoms with Gasteiger partial charge in [0.1, 0.15) is 5.75 Å². The van der Waals surface area contributed by atoms with Crippen molar-refractivity contribution in [1.82, 2.24) is 0 Å². The van der Waals surface area contributed by atoms with E-state index < -0.39 is 0 Å². The molecule has 0 fully saturated rings. The fraction of sp³-hybridized carbons (Fsp3) is 0.231. The van der Waals surface area contributed by atoms with Gasteiger partial charge in [-0.2, -0.15) is 10.9 Å². The van der Waals surface area contributed by atoms with Crippen molar-refractivity contribution < 1.29 is 4.74 Å². The van der Waals surface area contributed by atoms with Gasteiger partial charge in [0.05, 0.1) is 6.61 Å². The van der Waals surface area contributed by atoms with Gasteiger partial charge in [-0.25, -0.2) is 0 Å². The molecule has 0 N–H and O–H groups in total. The van der Waals surface area contributed by atoms with Crippen LogP contribution in [-0.2, 0) is 0 Å². The summed E-state index contributed by atoms with van der Waals surface area (Å²) in [7, 11) is -0.284. The lowest BCUT2D eigenvalue weighted by Gasteiger charge is -2.15. The second-order valence-corrected chi connectivity index (χ2v) is 5.23. The third kappa shape index (κ3) is 2.45. The number of allylic oxidation sites excluding steroid dienone is 2. The zero-order valence-corrected chi connectivity index (χ0v) is 9.71. The molecule has 1 aromatic carbocycles. The highest BCUT2D eigenvalue weighted by Gasteiger charge is 2.08. The molecule has 1 aliphatic rings. The van der Waals surface area contributed by atoms with E-state index in [0.717, 1.165) is 18.8 Å². The highest BCUT2D eigenvalue weighted by molar-refractivity contribution is 8.22. The summed E-state index contributed by atoms with van der Waals surface area (Å²) in [6, 6.07) is 9.07. The van der Waals surface area contributed by atoms with Crippen molar-refractivity contribution in [2.45, 2.75) is 18.2 Å². The van der Waals surface area contributed by atoms with E-state index in [1.165, 1.54) is 4.90 Å². The van der Waals surface area contributed by atoms with E-state index in [-0.39, 0.29) is 10.9 Å². The van der Waals surface area contributed by atoms with Gasteiger partial charge in [0, 0.05) is 4.90 Å². The maximum absolute atomic E-state index is 5.72. The average Bonchev–Trinajstić information content (AvgIpc) is 2.80. The molecule has 1 radical (unpaired) electrons. The molecule has 0 unspecified atom stereocenters. The van der Waals surface area contributed by atoms with E-state index in [4.69, 9.17) is 4.74 Å². The number of hydrogen-bond acceptors (Lipinski definition) is 1. The van der Waals surface area contributed by atoms with Crippen LogP contribution in [0.4, 0.5) is 0 Å². The number of rotatable bonds is 4. The third-order valence-electron chi connectivity index (χ3n) is 2.15. The molecule has 79 valence electrons. The Morgan fingerprint density at radius 1 is 1.33 bits per heavy atom. The molecular formula is C13H15OS. The van der Waals surface area contributed by atoms with Gasteiger partial charge in [0.25, 0.3) is 0 Å². The smallest absolute Gasteiger partial charge is 0.132 e. The van der Waals surface area contributed by atoms with Crippen LogP contribution in [0.15, 0.2) is 46.1 Å². The average molecular weight is 219 g/mol. The summed E-state index contributed by atoms with van der Waals surface area (Å²) >= 11 is 0. The van der Waals surface area contributed by atoms with Gasteiger partial charge < -0.3 is 4.74 Å². The quantitative estimate of drug-likeness (QED) is 0.760. The van der Waals surface area contributed by atoms with E-state index in [1.807, 2.05) is 12.1 Å². The standard InChI is InChI=1S/C13H15OS/c1-2-9-14-12-7-3-4-8-13(12)15-10-5-6-11-15/h4-8,10-11,15H,2,9H2,1H3. The fourth-order valence-electron chi connectivity index (χ4n) is 1.44. The SMILES string of the molecule is CCCOc1c[c]ccc1[SH]1C=CC=C1. The molecule has 0 atom stereocenters. The lowest BCUT2D eigenvalue weighted by molar-refractivity contribution is 0.310. The molecular weight excluding hydrogens is 204 g/mol. The zero-order valence-electron chi connectivity index (χ0n) is 8.81. The molecule has 1 heterocycles. The van der Waals surface area contributed by atoms with E-state index in [1.54, 1.807) is 0 Å². The van der Waals surface area contributed by atoms with Gasteiger partial charge in [-0.1, -0.05) is 25.1 Å². The Kier molecular flexibility index (Phi) is 3.51. The van der Waals surface area contributed by atoms with Crippen molar-refractivity contribution in [3.8, 4) is 5.75 Å². The summed E-state index contributed by atoms with van der Waals surface area (Å²) in [5.74, 6) is 0.988. The first kappa shape index (κ1) is 10.4. The van der Waals surface area contributed by atoms with Crippen molar-refractivity contribution >= 4 is 10.9 Å². The van der Waals surface area contributed by atoms with Crippen molar-refractivity contribution in [1.29, 1.82) is 0 Å². The van der Waals surface area contributed by atoms with E-state index in [2.05, 4.69) is 42.0 Å². The molecule has 1 aliphatic heterocycles. The molecule has 0 aliphatic carbocycles. The zero-order chi connectivity index (χ0) is 10.5. The maximum Gasteiger partial charge on any atom is 0.132 e. The van der Waals surface area contributed by atoms with Crippen LogP contribution in [0.25, 0.3) is 0 Å². The van der Waals surface area contributed by atoms with Crippen LogP contribution in [0.2, 0.25) is 0 Å². The highest BCUT2D eigenvalue weighted by atomic mass is 32.2. The first-order chi connectivity index (χ1) is 7.42. The van der Waals surface area contributed by atoms with Gasteiger partial charge in [0.15, 0.2) is 0 Å². The third-order valence-corrected chi connectivity index (χ3v) is 4.06. The van der Waals surface area contributed by atoms with Gasteiger partial charge >= 0.3 is 0 Å². The number of ether oxygens (including phenoxy) is 1. The summed E-state index contributed by atoms with van der Waals surface area (Å²) in [6.45, 7) is 2.90. The van der Waals surface area contributed by atoms with Crippen LogP contribution in [0, 0.1) is 6.07 Å². The predicted molar refractivity (Wildman–Crippen MR) is 66.6 cm³/mol. The molecule has 1 nitrogen and oxygen atoms in total. The topological polar surface area (TPSA) is 9.23 Å². The van der Waals surface area contributed by atoms with Crippen molar-refractivity contribution in [3.05, 3.63) is 47.2 Å². The van der Waals surface area contributed by atoms with Crippen LogP contribution < -0.4 is 4.74 Å². The summed E-state index contributed by atoms with van der Waals surface area (Å²) in [6.07, 6.45) is 5.25. The summed E-state index contributed by atoms with van der Waals surface area (Å²) in [4.78, 5) is 1.29. The molecule has 0 bridgehead atoms. The molecule has 1 aromatic rings. The number of thiol groups is 1. The lowest BCUT2D eigenvalue weighted by atomic mass is 10.3. The van der Waals surface area contributed by atoms with Crippen molar-refractivity contribution in [2.75, 3.05) is 6.61 Å². The molecule has 0 aromatic heterocycles. The van der Waals surface area contributed by atoms with Crippen molar-refractivity contribution in [2.24, 2.45) is 0 Å². The first-order valence-electron chi connectivity index (χ1n) is 5.18. The molecule has 15 heavy (non-hydrogen) atoms. The van der Waals surface area contributed by atoms with Gasteiger partial charge in [-0.15, -0.1) is 0 Å². The van der Waals surface area contributed by atoms with E-state index >= 15 is 0 Å². The first-order valence-corrected chi connectivity index (χ1v) is 6.66. The second-order valence-electron chi connectivity index (χ2n) is 3.33. The molecule has 0 amide bonds. The Bertz CT molecular complexity index is 370. The Balaban J connectivity index is 2.21. The summed E-state index contributed by atoms with van der Waals surface area (Å²) in [5.41, 5.74) is 0. The Labute approximate surface area is 93.8 Å². The fourth-order valence-corrected chi connectivity index (χ4v) is 3.06. The lowest BCUT2D eigenvalue weighted by Crippen LogP contribution is -1.96.